The largest absolute Gasteiger partial charge is 0.467 e. The van der Waals surface area contributed by atoms with Crippen LogP contribution in [0.5, 0.6) is 0 Å². The number of thiophene rings is 1. The van der Waals surface area contributed by atoms with Gasteiger partial charge in [0.1, 0.15) is 17.4 Å². The molecule has 1 N–H and O–H groups in total. The Morgan fingerprint density at radius 2 is 2.37 bits per heavy atom. The van der Waals surface area contributed by atoms with Gasteiger partial charge in [-0.15, -0.1) is 11.3 Å². The monoisotopic (exact) mass is 272 g/mol. The molecule has 2 aromatic heterocycles. The zero-order chi connectivity index (χ0) is 13.7. The van der Waals surface area contributed by atoms with Gasteiger partial charge in [-0.25, -0.2) is 0 Å². The Balaban J connectivity index is 2.03. The molecule has 1 amide bonds. The maximum Gasteiger partial charge on any atom is 0.262 e. The van der Waals surface area contributed by atoms with Crippen molar-refractivity contribution < 1.29 is 9.21 Å². The second-order valence-corrected chi connectivity index (χ2v) is 5.20. The lowest BCUT2D eigenvalue weighted by atomic mass is 10.2. The van der Waals surface area contributed by atoms with Crippen molar-refractivity contribution in [2.75, 3.05) is 0 Å². The average Bonchev–Trinajstić information content (AvgIpc) is 3.04. The van der Waals surface area contributed by atoms with Crippen molar-refractivity contribution in [1.29, 1.82) is 5.26 Å². The molecule has 0 saturated carbocycles. The highest BCUT2D eigenvalue weighted by molar-refractivity contribution is 7.12. The van der Waals surface area contributed by atoms with Crippen LogP contribution in [-0.4, -0.2) is 5.91 Å². The molecule has 4 nitrogen and oxygen atoms in total. The number of carbonyl (C=O) groups excluding carboxylic acids is 1. The van der Waals surface area contributed by atoms with Gasteiger partial charge in [-0.05, 0) is 37.3 Å². The van der Waals surface area contributed by atoms with Crippen molar-refractivity contribution in [1.82, 2.24) is 5.32 Å². The summed E-state index contributed by atoms with van der Waals surface area (Å²) in [6.45, 7) is 2.25. The molecule has 0 aromatic carbocycles. The van der Waals surface area contributed by atoms with Crippen LogP contribution in [0.1, 0.15) is 15.5 Å². The summed E-state index contributed by atoms with van der Waals surface area (Å²) in [5.41, 5.74) is 0.0911. The van der Waals surface area contributed by atoms with E-state index < -0.39 is 5.91 Å². The summed E-state index contributed by atoms with van der Waals surface area (Å²) in [6.07, 6.45) is 3.13. The molecule has 0 fully saturated rings. The van der Waals surface area contributed by atoms with Crippen LogP contribution >= 0.6 is 11.3 Å². The first kappa shape index (κ1) is 13.1. The van der Waals surface area contributed by atoms with E-state index in [0.29, 0.717) is 5.76 Å². The van der Waals surface area contributed by atoms with Gasteiger partial charge >= 0.3 is 0 Å². The molecule has 96 valence electrons. The third-order valence-corrected chi connectivity index (χ3v) is 3.36. The van der Waals surface area contributed by atoms with E-state index in [9.17, 15) is 4.79 Å². The minimum Gasteiger partial charge on any atom is -0.467 e. The topological polar surface area (TPSA) is 66.0 Å². The molecule has 0 bridgehead atoms. The molecular formula is C14H12N2O2S. The maximum atomic E-state index is 11.8. The fourth-order valence-corrected chi connectivity index (χ4v) is 2.32. The summed E-state index contributed by atoms with van der Waals surface area (Å²) in [4.78, 5) is 13.9. The maximum absolute atomic E-state index is 11.8. The number of furan rings is 1. The van der Waals surface area contributed by atoms with Gasteiger partial charge in [-0.3, -0.25) is 4.79 Å². The molecule has 0 aliphatic heterocycles. The highest BCUT2D eigenvalue weighted by Crippen LogP contribution is 2.18. The van der Waals surface area contributed by atoms with E-state index >= 15 is 0 Å². The third-order valence-electron chi connectivity index (χ3n) is 2.42. The lowest BCUT2D eigenvalue weighted by Gasteiger charge is -2.01. The number of nitrogens with one attached hydrogen (secondary N) is 1. The first-order valence-electron chi connectivity index (χ1n) is 5.68. The Morgan fingerprint density at radius 3 is 2.95 bits per heavy atom. The number of nitrogens with zero attached hydrogens (tertiary/aromatic N) is 1. The lowest BCUT2D eigenvalue weighted by Crippen LogP contribution is -2.23. The number of rotatable bonds is 4. The number of nitriles is 1. The van der Waals surface area contributed by atoms with Crippen LogP contribution in [0.15, 0.2) is 40.5 Å². The Morgan fingerprint density at radius 1 is 1.53 bits per heavy atom. The molecule has 2 rings (SSSR count). The van der Waals surface area contributed by atoms with E-state index in [-0.39, 0.29) is 12.1 Å². The molecule has 0 aliphatic rings. The minimum absolute atomic E-state index is 0.0911. The van der Waals surface area contributed by atoms with Crippen molar-refractivity contribution >= 4 is 23.3 Å². The Bertz CT molecular complexity index is 633. The van der Waals surface area contributed by atoms with Gasteiger partial charge in [0.15, 0.2) is 0 Å². The first-order chi connectivity index (χ1) is 9.19. The molecule has 0 saturated heterocycles. The molecule has 5 heteroatoms. The normalized spacial score (nSPS) is 11.1. The van der Waals surface area contributed by atoms with E-state index in [2.05, 4.69) is 5.32 Å². The first-order valence-corrected chi connectivity index (χ1v) is 6.49. The standard InChI is InChI=1S/C14H12N2O2S/c1-10-4-5-13(19-10)7-11(8-15)14(17)16-9-12-3-2-6-18-12/h2-7H,9H2,1H3,(H,16,17). The molecule has 0 aliphatic carbocycles. The molecule has 0 unspecified atom stereocenters. The quantitative estimate of drug-likeness (QED) is 0.687. The number of amides is 1. The number of aryl methyl sites for hydroxylation is 1. The van der Waals surface area contributed by atoms with Crippen LogP contribution < -0.4 is 5.32 Å². The van der Waals surface area contributed by atoms with Crippen molar-refractivity contribution in [2.45, 2.75) is 13.5 Å². The van der Waals surface area contributed by atoms with Gasteiger partial charge < -0.3 is 9.73 Å². The molecule has 19 heavy (non-hydrogen) atoms. The van der Waals surface area contributed by atoms with Crippen LogP contribution in [0, 0.1) is 18.3 Å². The van der Waals surface area contributed by atoms with Crippen LogP contribution in [0.25, 0.3) is 6.08 Å². The second-order valence-electron chi connectivity index (χ2n) is 3.88. The van der Waals surface area contributed by atoms with E-state index in [0.717, 1.165) is 9.75 Å². The Kier molecular flexibility index (Phi) is 4.16. The predicted octanol–water partition coefficient (Wildman–Crippen LogP) is 2.87. The lowest BCUT2D eigenvalue weighted by molar-refractivity contribution is -0.117. The summed E-state index contributed by atoms with van der Waals surface area (Å²) in [5.74, 6) is 0.252. The van der Waals surface area contributed by atoms with E-state index in [1.54, 1.807) is 18.2 Å². The van der Waals surface area contributed by atoms with Gasteiger partial charge in [-0.1, -0.05) is 0 Å². The van der Waals surface area contributed by atoms with Crippen LogP contribution in [0.2, 0.25) is 0 Å². The molecule has 2 aromatic rings. The number of hydrogen-bond donors (Lipinski definition) is 1. The summed E-state index contributed by atoms with van der Waals surface area (Å²) in [7, 11) is 0. The third kappa shape index (κ3) is 3.57. The Labute approximate surface area is 115 Å². The summed E-state index contributed by atoms with van der Waals surface area (Å²) < 4.78 is 5.10. The number of carbonyl (C=O) groups is 1. The van der Waals surface area contributed by atoms with Gasteiger partial charge in [0.2, 0.25) is 0 Å². The molecule has 0 spiro atoms. The van der Waals surface area contributed by atoms with Gasteiger partial charge in [-0.2, -0.15) is 5.26 Å². The summed E-state index contributed by atoms with van der Waals surface area (Å²) >= 11 is 1.54. The van der Waals surface area contributed by atoms with Crippen LogP contribution in [0.3, 0.4) is 0 Å². The fourth-order valence-electron chi connectivity index (χ4n) is 1.50. The second kappa shape index (κ2) is 6.03. The van der Waals surface area contributed by atoms with Crippen molar-refractivity contribution in [3.05, 3.63) is 51.6 Å². The van der Waals surface area contributed by atoms with E-state index in [4.69, 9.17) is 9.68 Å². The zero-order valence-electron chi connectivity index (χ0n) is 10.3. The number of hydrogen-bond acceptors (Lipinski definition) is 4. The molecule has 2 heterocycles. The fraction of sp³-hybridized carbons (Fsp3) is 0.143. The molecule has 0 atom stereocenters. The average molecular weight is 272 g/mol. The van der Waals surface area contributed by atoms with Crippen molar-refractivity contribution in [2.24, 2.45) is 0 Å². The van der Waals surface area contributed by atoms with Gasteiger partial charge in [0.25, 0.3) is 5.91 Å². The van der Waals surface area contributed by atoms with Crippen molar-refractivity contribution in [3.63, 3.8) is 0 Å². The van der Waals surface area contributed by atoms with E-state index in [1.807, 2.05) is 25.1 Å². The summed E-state index contributed by atoms with van der Waals surface area (Å²) in [5, 5.41) is 11.7. The molecule has 0 radical (unpaired) electrons. The highest BCUT2D eigenvalue weighted by Gasteiger charge is 2.09. The predicted molar refractivity (Wildman–Crippen MR) is 73.2 cm³/mol. The Hall–Kier alpha value is -2.32. The van der Waals surface area contributed by atoms with Crippen LogP contribution in [-0.2, 0) is 11.3 Å². The summed E-state index contributed by atoms with van der Waals surface area (Å²) in [6, 6.07) is 9.26. The van der Waals surface area contributed by atoms with Gasteiger partial charge in [0.05, 0.1) is 12.8 Å². The molecular weight excluding hydrogens is 260 g/mol. The SMILES string of the molecule is Cc1ccc(C=C(C#N)C(=O)NCc2ccco2)s1. The van der Waals surface area contributed by atoms with Crippen molar-refractivity contribution in [3.8, 4) is 6.07 Å². The zero-order valence-corrected chi connectivity index (χ0v) is 11.2. The van der Waals surface area contributed by atoms with Crippen LogP contribution in [0.4, 0.5) is 0 Å². The van der Waals surface area contributed by atoms with E-state index in [1.165, 1.54) is 17.6 Å². The minimum atomic E-state index is -0.398. The highest BCUT2D eigenvalue weighted by atomic mass is 32.1. The smallest absolute Gasteiger partial charge is 0.262 e. The van der Waals surface area contributed by atoms with Gasteiger partial charge in [0, 0.05) is 9.75 Å².